The zero-order valence-corrected chi connectivity index (χ0v) is 16.8. The maximum absolute atomic E-state index is 2.47. The van der Waals surface area contributed by atoms with Crippen LogP contribution in [0.25, 0.3) is 0 Å². The van der Waals surface area contributed by atoms with Crippen LogP contribution in [0.15, 0.2) is 46.6 Å². The normalized spacial score (nSPS) is 21.2. The Bertz CT molecular complexity index is 368. The summed E-state index contributed by atoms with van der Waals surface area (Å²) in [6.07, 6.45) is 25.1. The zero-order chi connectivity index (χ0) is 17.6. The Morgan fingerprint density at radius 1 is 0.417 bits per heavy atom. The van der Waals surface area contributed by atoms with Crippen LogP contribution in [-0.4, -0.2) is 0 Å². The smallest absolute Gasteiger partial charge is 0.0320 e. The standard InChI is InChI=1S/C24H40/c1-21-13-5-7-15-22(2)17-9-11-19-24(4)20-12-10-18-23(3)16-8-6-14-21/h13,16-17,20H,5-12,14-15,18-19H2,1-4H3. The molecule has 1 aliphatic carbocycles. The second kappa shape index (κ2) is 13.3. The molecule has 0 bridgehead atoms. The summed E-state index contributed by atoms with van der Waals surface area (Å²) in [4.78, 5) is 0. The minimum atomic E-state index is 1.24. The molecule has 0 saturated carbocycles. The number of rotatable bonds is 0. The Kier molecular flexibility index (Phi) is 11.6. The first-order valence-corrected chi connectivity index (χ1v) is 10.2. The van der Waals surface area contributed by atoms with E-state index < -0.39 is 0 Å². The highest BCUT2D eigenvalue weighted by atomic mass is 14.0. The van der Waals surface area contributed by atoms with Gasteiger partial charge in [-0.3, -0.25) is 0 Å². The fourth-order valence-corrected chi connectivity index (χ4v) is 3.33. The van der Waals surface area contributed by atoms with Gasteiger partial charge in [-0.1, -0.05) is 46.6 Å². The van der Waals surface area contributed by atoms with Gasteiger partial charge in [-0.15, -0.1) is 0 Å². The molecule has 0 N–H and O–H groups in total. The lowest BCUT2D eigenvalue weighted by Gasteiger charge is -2.05. The lowest BCUT2D eigenvalue weighted by Crippen LogP contribution is -1.85. The molecule has 1 rings (SSSR count). The summed E-state index contributed by atoms with van der Waals surface area (Å²) >= 11 is 0. The Labute approximate surface area is 151 Å². The first kappa shape index (κ1) is 21.0. The van der Waals surface area contributed by atoms with E-state index in [9.17, 15) is 0 Å². The van der Waals surface area contributed by atoms with Crippen molar-refractivity contribution in [2.75, 3.05) is 0 Å². The Hall–Kier alpha value is -1.04. The quantitative estimate of drug-likeness (QED) is 0.391. The Balaban J connectivity index is 2.53. The first-order chi connectivity index (χ1) is 11.6. The molecule has 24 heavy (non-hydrogen) atoms. The van der Waals surface area contributed by atoms with Crippen LogP contribution in [0, 0.1) is 0 Å². The highest BCUT2D eigenvalue weighted by Crippen LogP contribution is 2.16. The van der Waals surface area contributed by atoms with E-state index >= 15 is 0 Å². The summed E-state index contributed by atoms with van der Waals surface area (Å²) in [7, 11) is 0. The van der Waals surface area contributed by atoms with E-state index in [1.54, 1.807) is 22.3 Å². The van der Waals surface area contributed by atoms with E-state index in [1.165, 1.54) is 77.0 Å². The molecule has 0 fully saturated rings. The molecule has 0 unspecified atom stereocenters. The predicted molar refractivity (Wildman–Crippen MR) is 110 cm³/mol. The van der Waals surface area contributed by atoms with E-state index in [1.807, 2.05) is 0 Å². The maximum atomic E-state index is 2.47. The average Bonchev–Trinajstić information content (AvgIpc) is 2.55. The van der Waals surface area contributed by atoms with Gasteiger partial charge in [0.15, 0.2) is 0 Å². The van der Waals surface area contributed by atoms with Crippen molar-refractivity contribution in [1.82, 2.24) is 0 Å². The van der Waals surface area contributed by atoms with Gasteiger partial charge < -0.3 is 0 Å². The third-order valence-electron chi connectivity index (χ3n) is 5.07. The molecule has 0 heteroatoms. The van der Waals surface area contributed by atoms with Gasteiger partial charge in [0.1, 0.15) is 0 Å². The van der Waals surface area contributed by atoms with E-state index in [0.29, 0.717) is 0 Å². The molecule has 0 aliphatic heterocycles. The lowest BCUT2D eigenvalue weighted by atomic mass is 10.0. The van der Waals surface area contributed by atoms with Crippen LogP contribution >= 0.6 is 0 Å². The molecular weight excluding hydrogens is 288 g/mol. The summed E-state index contributed by atoms with van der Waals surface area (Å²) in [5.74, 6) is 0. The summed E-state index contributed by atoms with van der Waals surface area (Å²) in [6, 6.07) is 0. The van der Waals surface area contributed by atoms with Gasteiger partial charge in [0.05, 0.1) is 0 Å². The summed E-state index contributed by atoms with van der Waals surface area (Å²) < 4.78 is 0. The number of allylic oxidation sites excluding steroid dienone is 8. The minimum absolute atomic E-state index is 1.24. The predicted octanol–water partition coefficient (Wildman–Crippen LogP) is 8.47. The topological polar surface area (TPSA) is 0 Å². The van der Waals surface area contributed by atoms with Gasteiger partial charge in [-0.2, -0.15) is 0 Å². The zero-order valence-electron chi connectivity index (χ0n) is 16.8. The molecule has 0 aromatic heterocycles. The largest absolute Gasteiger partial charge is 0.0856 e. The van der Waals surface area contributed by atoms with Crippen LogP contribution in [0.3, 0.4) is 0 Å². The molecule has 0 nitrogen and oxygen atoms in total. The summed E-state index contributed by atoms with van der Waals surface area (Å²) in [6.45, 7) is 9.22. The van der Waals surface area contributed by atoms with Gasteiger partial charge >= 0.3 is 0 Å². The lowest BCUT2D eigenvalue weighted by molar-refractivity contribution is 0.769. The van der Waals surface area contributed by atoms with Crippen LogP contribution < -0.4 is 0 Å². The van der Waals surface area contributed by atoms with Crippen LogP contribution in [0.1, 0.15) is 105 Å². The second-order valence-corrected chi connectivity index (χ2v) is 7.77. The highest BCUT2D eigenvalue weighted by molar-refractivity contribution is 5.04. The van der Waals surface area contributed by atoms with Crippen molar-refractivity contribution >= 4 is 0 Å². The van der Waals surface area contributed by atoms with Gasteiger partial charge in [0.25, 0.3) is 0 Å². The van der Waals surface area contributed by atoms with Crippen LogP contribution in [0.4, 0.5) is 0 Å². The minimum Gasteiger partial charge on any atom is -0.0856 e. The molecule has 0 saturated heterocycles. The van der Waals surface area contributed by atoms with Gasteiger partial charge in [0.2, 0.25) is 0 Å². The third kappa shape index (κ3) is 11.5. The molecular formula is C24H40. The van der Waals surface area contributed by atoms with Gasteiger partial charge in [0, 0.05) is 0 Å². The van der Waals surface area contributed by atoms with Crippen LogP contribution in [0.2, 0.25) is 0 Å². The summed E-state index contributed by atoms with van der Waals surface area (Å²) in [5, 5.41) is 0. The van der Waals surface area contributed by atoms with Crippen molar-refractivity contribution in [1.29, 1.82) is 0 Å². The van der Waals surface area contributed by atoms with Crippen molar-refractivity contribution < 1.29 is 0 Å². The third-order valence-corrected chi connectivity index (χ3v) is 5.07. The van der Waals surface area contributed by atoms with Crippen molar-refractivity contribution in [3.8, 4) is 0 Å². The molecule has 0 heterocycles. The van der Waals surface area contributed by atoms with Gasteiger partial charge in [-0.05, 0) is 105 Å². The molecule has 1 aliphatic rings. The molecule has 0 aromatic carbocycles. The fraction of sp³-hybridized carbons (Fsp3) is 0.667. The average molecular weight is 329 g/mol. The number of hydrogen-bond acceptors (Lipinski definition) is 0. The molecule has 136 valence electrons. The second-order valence-electron chi connectivity index (χ2n) is 7.77. The molecule has 0 atom stereocenters. The van der Waals surface area contributed by atoms with E-state index in [0.717, 1.165) is 0 Å². The molecule has 0 amide bonds. The van der Waals surface area contributed by atoms with Crippen molar-refractivity contribution in [3.63, 3.8) is 0 Å². The molecule has 0 radical (unpaired) electrons. The van der Waals surface area contributed by atoms with Crippen molar-refractivity contribution in [2.45, 2.75) is 105 Å². The van der Waals surface area contributed by atoms with Crippen LogP contribution in [0.5, 0.6) is 0 Å². The molecule has 0 aromatic rings. The maximum Gasteiger partial charge on any atom is -0.0320 e. The van der Waals surface area contributed by atoms with E-state index in [2.05, 4.69) is 52.0 Å². The van der Waals surface area contributed by atoms with Crippen molar-refractivity contribution in [2.24, 2.45) is 0 Å². The van der Waals surface area contributed by atoms with Gasteiger partial charge in [-0.25, -0.2) is 0 Å². The Morgan fingerprint density at radius 3 is 0.833 bits per heavy atom. The fourth-order valence-electron chi connectivity index (χ4n) is 3.33. The Morgan fingerprint density at radius 2 is 0.625 bits per heavy atom. The SMILES string of the molecule is CC1=CCCCC(C)=CCCCC(C)=CCCCC(C)=CCCC1. The van der Waals surface area contributed by atoms with E-state index in [-0.39, 0.29) is 0 Å². The number of hydrogen-bond donors (Lipinski definition) is 0. The summed E-state index contributed by atoms with van der Waals surface area (Å²) in [5.41, 5.74) is 6.32. The van der Waals surface area contributed by atoms with Crippen molar-refractivity contribution in [3.05, 3.63) is 46.6 Å². The monoisotopic (exact) mass is 328 g/mol. The van der Waals surface area contributed by atoms with Crippen LogP contribution in [-0.2, 0) is 0 Å². The highest BCUT2D eigenvalue weighted by Gasteiger charge is 1.96. The molecule has 0 spiro atoms. The van der Waals surface area contributed by atoms with E-state index in [4.69, 9.17) is 0 Å². The first-order valence-electron chi connectivity index (χ1n) is 10.2.